The molecule has 0 unspecified atom stereocenters. The first-order valence-electron chi connectivity index (χ1n) is 9.42. The Balaban J connectivity index is 1.53. The molecule has 0 atom stereocenters. The van der Waals surface area contributed by atoms with E-state index in [0.717, 1.165) is 0 Å². The van der Waals surface area contributed by atoms with E-state index in [4.69, 9.17) is 18.9 Å². The van der Waals surface area contributed by atoms with Gasteiger partial charge in [0.1, 0.15) is 24.7 Å². The Bertz CT molecular complexity index is 1040. The van der Waals surface area contributed by atoms with Gasteiger partial charge in [-0.1, -0.05) is 18.2 Å². The van der Waals surface area contributed by atoms with E-state index in [1.807, 2.05) is 12.1 Å². The van der Waals surface area contributed by atoms with E-state index in [1.165, 1.54) is 20.3 Å². The number of carbonyl (C=O) groups is 2. The fourth-order valence-corrected chi connectivity index (χ4v) is 2.70. The molecule has 0 spiro atoms. The molecule has 0 saturated carbocycles. The molecular weight excluding hydrogens is 400 g/mol. The first-order chi connectivity index (χ1) is 15.1. The maximum atomic E-state index is 12.3. The van der Waals surface area contributed by atoms with E-state index >= 15 is 0 Å². The summed E-state index contributed by atoms with van der Waals surface area (Å²) in [4.78, 5) is 28.4. The third kappa shape index (κ3) is 5.96. The number of hydrogen-bond donors (Lipinski definition) is 1. The number of nitrogens with one attached hydrogen (secondary N) is 1. The van der Waals surface area contributed by atoms with Crippen LogP contribution in [0.3, 0.4) is 0 Å². The smallest absolute Gasteiger partial charge is 0.325 e. The third-order valence-corrected chi connectivity index (χ3v) is 4.26. The molecule has 3 rings (SSSR count). The topological polar surface area (TPSA) is 96.0 Å². The number of ether oxygens (including phenoxy) is 4. The van der Waals surface area contributed by atoms with Crippen LogP contribution in [0.2, 0.25) is 0 Å². The number of pyridine rings is 1. The van der Waals surface area contributed by atoms with Gasteiger partial charge in [0.15, 0.2) is 11.5 Å². The Labute approximate surface area is 179 Å². The summed E-state index contributed by atoms with van der Waals surface area (Å²) in [6.45, 7) is -0.277. The normalized spacial score (nSPS) is 10.1. The molecule has 0 radical (unpaired) electrons. The van der Waals surface area contributed by atoms with E-state index in [0.29, 0.717) is 34.1 Å². The molecule has 8 heteroatoms. The largest absolute Gasteiger partial charge is 0.493 e. The maximum absolute atomic E-state index is 12.3. The lowest BCUT2D eigenvalue weighted by Gasteiger charge is -2.12. The number of methoxy groups -OCH3 is 2. The molecule has 1 amide bonds. The number of benzene rings is 2. The second-order valence-electron chi connectivity index (χ2n) is 6.31. The first kappa shape index (κ1) is 21.6. The van der Waals surface area contributed by atoms with Gasteiger partial charge < -0.3 is 24.3 Å². The van der Waals surface area contributed by atoms with Crippen LogP contribution in [0.5, 0.6) is 23.0 Å². The van der Waals surface area contributed by atoms with E-state index in [1.54, 1.807) is 48.8 Å². The summed E-state index contributed by atoms with van der Waals surface area (Å²) in [5.41, 5.74) is 1.02. The summed E-state index contributed by atoms with van der Waals surface area (Å²) in [6.07, 6.45) is 3.24. The predicted octanol–water partition coefficient (Wildman–Crippen LogP) is 3.36. The molecule has 160 valence electrons. The predicted molar refractivity (Wildman–Crippen MR) is 112 cm³/mol. The van der Waals surface area contributed by atoms with Crippen molar-refractivity contribution >= 4 is 11.9 Å². The lowest BCUT2D eigenvalue weighted by atomic mass is 10.2. The summed E-state index contributed by atoms with van der Waals surface area (Å²) in [5, 5.41) is 2.53. The summed E-state index contributed by atoms with van der Waals surface area (Å²) in [6, 6.07) is 15.5. The number of esters is 1. The van der Waals surface area contributed by atoms with Crippen molar-refractivity contribution < 1.29 is 28.5 Å². The van der Waals surface area contributed by atoms with Gasteiger partial charge in [0.05, 0.1) is 20.4 Å². The Morgan fingerprint density at radius 2 is 1.74 bits per heavy atom. The van der Waals surface area contributed by atoms with Crippen molar-refractivity contribution in [2.75, 3.05) is 20.8 Å². The van der Waals surface area contributed by atoms with Gasteiger partial charge in [-0.05, 0) is 36.4 Å². The van der Waals surface area contributed by atoms with Crippen molar-refractivity contribution in [3.05, 3.63) is 78.1 Å². The number of para-hydroxylation sites is 1. The average molecular weight is 422 g/mol. The number of hydrogen-bond acceptors (Lipinski definition) is 7. The van der Waals surface area contributed by atoms with E-state index < -0.39 is 11.9 Å². The molecule has 1 heterocycles. The van der Waals surface area contributed by atoms with Crippen molar-refractivity contribution in [3.8, 4) is 23.0 Å². The van der Waals surface area contributed by atoms with Crippen molar-refractivity contribution in [2.24, 2.45) is 0 Å². The van der Waals surface area contributed by atoms with Crippen LogP contribution in [0.15, 0.2) is 67.0 Å². The third-order valence-electron chi connectivity index (χ3n) is 4.26. The monoisotopic (exact) mass is 422 g/mol. The Morgan fingerprint density at radius 1 is 0.935 bits per heavy atom. The van der Waals surface area contributed by atoms with Crippen LogP contribution < -0.4 is 19.5 Å². The second kappa shape index (κ2) is 10.6. The van der Waals surface area contributed by atoms with Crippen molar-refractivity contribution in [1.82, 2.24) is 10.3 Å². The molecule has 0 aliphatic rings. The maximum Gasteiger partial charge on any atom is 0.325 e. The van der Waals surface area contributed by atoms with Gasteiger partial charge in [-0.15, -0.1) is 0 Å². The first-order valence-corrected chi connectivity index (χ1v) is 9.42. The lowest BCUT2D eigenvalue weighted by Crippen LogP contribution is -2.30. The number of carbonyl (C=O) groups excluding carboxylic acids is 2. The summed E-state index contributed by atoms with van der Waals surface area (Å²) < 4.78 is 21.4. The quantitative estimate of drug-likeness (QED) is 0.528. The zero-order valence-electron chi connectivity index (χ0n) is 17.2. The molecule has 0 aliphatic heterocycles. The van der Waals surface area contributed by atoms with Crippen molar-refractivity contribution in [2.45, 2.75) is 6.61 Å². The minimum Gasteiger partial charge on any atom is -0.493 e. The zero-order valence-corrected chi connectivity index (χ0v) is 17.2. The Hall–Kier alpha value is -4.07. The molecule has 1 aromatic heterocycles. The highest BCUT2D eigenvalue weighted by Crippen LogP contribution is 2.27. The molecule has 0 bridgehead atoms. The van der Waals surface area contributed by atoms with Crippen LogP contribution in [0.1, 0.15) is 15.9 Å². The van der Waals surface area contributed by atoms with Gasteiger partial charge in [-0.3, -0.25) is 14.6 Å². The van der Waals surface area contributed by atoms with Crippen LogP contribution in [0.4, 0.5) is 0 Å². The van der Waals surface area contributed by atoms with Crippen LogP contribution in [-0.4, -0.2) is 37.6 Å². The molecule has 1 N–H and O–H groups in total. The summed E-state index contributed by atoms with van der Waals surface area (Å²) in [5.74, 6) is 1.04. The summed E-state index contributed by atoms with van der Waals surface area (Å²) in [7, 11) is 2.99. The molecule has 0 aliphatic carbocycles. The minimum atomic E-state index is -0.579. The van der Waals surface area contributed by atoms with Crippen LogP contribution >= 0.6 is 0 Å². The highest BCUT2D eigenvalue weighted by atomic mass is 16.5. The van der Waals surface area contributed by atoms with Gasteiger partial charge in [0.25, 0.3) is 5.91 Å². The highest BCUT2D eigenvalue weighted by molar-refractivity contribution is 5.96. The molecule has 3 aromatic rings. The number of nitrogens with zero attached hydrogens (tertiary/aromatic N) is 1. The minimum absolute atomic E-state index is 0.00149. The standard InChI is InChI=1S/C23H22N2O6/c1-28-20-10-9-16(12-21(20)29-2)23(27)25-14-22(26)30-15-17-6-3-4-8-19(17)31-18-7-5-11-24-13-18/h3-13H,14-15H2,1-2H3,(H,25,27). The van der Waals surface area contributed by atoms with Gasteiger partial charge in [-0.2, -0.15) is 0 Å². The molecule has 8 nitrogen and oxygen atoms in total. The van der Waals surface area contributed by atoms with Crippen LogP contribution in [0.25, 0.3) is 0 Å². The Kier molecular flexibility index (Phi) is 7.42. The second-order valence-corrected chi connectivity index (χ2v) is 6.31. The lowest BCUT2D eigenvalue weighted by molar-refractivity contribution is -0.143. The van der Waals surface area contributed by atoms with Crippen molar-refractivity contribution in [3.63, 3.8) is 0 Å². The summed E-state index contributed by atoms with van der Waals surface area (Å²) >= 11 is 0. The highest BCUT2D eigenvalue weighted by Gasteiger charge is 2.13. The van der Waals surface area contributed by atoms with E-state index in [9.17, 15) is 9.59 Å². The van der Waals surface area contributed by atoms with E-state index in [2.05, 4.69) is 10.3 Å². The molecule has 0 fully saturated rings. The Morgan fingerprint density at radius 3 is 2.48 bits per heavy atom. The van der Waals surface area contributed by atoms with Crippen molar-refractivity contribution in [1.29, 1.82) is 0 Å². The molecule has 31 heavy (non-hydrogen) atoms. The van der Waals surface area contributed by atoms with Crippen LogP contribution in [0, 0.1) is 0 Å². The molecular formula is C23H22N2O6. The number of aromatic nitrogens is 1. The fourth-order valence-electron chi connectivity index (χ4n) is 2.70. The number of amides is 1. The SMILES string of the molecule is COc1ccc(C(=O)NCC(=O)OCc2ccccc2Oc2cccnc2)cc1OC. The van der Waals surface area contributed by atoms with Gasteiger partial charge >= 0.3 is 5.97 Å². The fraction of sp³-hybridized carbons (Fsp3) is 0.174. The zero-order chi connectivity index (χ0) is 22.1. The molecule has 2 aromatic carbocycles. The average Bonchev–Trinajstić information content (AvgIpc) is 2.82. The van der Waals surface area contributed by atoms with E-state index in [-0.39, 0.29) is 13.2 Å². The van der Waals surface area contributed by atoms with Gasteiger partial charge in [0, 0.05) is 17.3 Å². The van der Waals surface area contributed by atoms with Gasteiger partial charge in [0.2, 0.25) is 0 Å². The molecule has 0 saturated heterocycles. The van der Waals surface area contributed by atoms with Crippen LogP contribution in [-0.2, 0) is 16.1 Å². The van der Waals surface area contributed by atoms with Gasteiger partial charge in [-0.25, -0.2) is 0 Å². The number of rotatable bonds is 9.